The van der Waals surface area contributed by atoms with Gasteiger partial charge in [0.2, 0.25) is 5.91 Å². The average Bonchev–Trinajstić information content (AvgIpc) is 2.64. The van der Waals surface area contributed by atoms with Crippen LogP contribution in [0.2, 0.25) is 5.02 Å². The third-order valence-corrected chi connectivity index (χ3v) is 5.01. The first-order valence-electron chi connectivity index (χ1n) is 8.60. The van der Waals surface area contributed by atoms with Gasteiger partial charge >= 0.3 is 0 Å². The molecule has 1 heterocycles. The summed E-state index contributed by atoms with van der Waals surface area (Å²) in [7, 11) is 1.92. The molecule has 2 aromatic rings. The molecule has 138 valence electrons. The normalized spacial score (nSPS) is 14.2. The summed E-state index contributed by atoms with van der Waals surface area (Å²) in [5, 5.41) is 3.60. The molecule has 26 heavy (non-hydrogen) atoms. The molecule has 3 rings (SSSR count). The van der Waals surface area contributed by atoms with Gasteiger partial charge in [-0.2, -0.15) is 0 Å². The molecule has 5 nitrogen and oxygen atoms in total. The molecule has 1 atom stereocenters. The molecule has 1 amide bonds. The molecule has 1 N–H and O–H groups in total. The molecule has 6 heteroatoms. The standard InChI is InChI=1S/C20H23ClN2O3/c1-13-16(21)5-4-6-17(13)22-20(24)14(2)23(3)12-15-7-8-18-19(11-15)26-10-9-25-18/h4-8,11,14H,9-10,12H2,1-3H3,(H,22,24). The van der Waals surface area contributed by atoms with Crippen LogP contribution in [0.1, 0.15) is 18.1 Å². The van der Waals surface area contributed by atoms with E-state index in [4.69, 9.17) is 21.1 Å². The Bertz CT molecular complexity index is 810. The number of hydrogen-bond donors (Lipinski definition) is 1. The van der Waals surface area contributed by atoms with E-state index in [0.29, 0.717) is 24.8 Å². The third kappa shape index (κ3) is 4.11. The van der Waals surface area contributed by atoms with Crippen molar-refractivity contribution in [1.29, 1.82) is 0 Å². The van der Waals surface area contributed by atoms with Crippen molar-refractivity contribution >= 4 is 23.2 Å². The van der Waals surface area contributed by atoms with Crippen LogP contribution >= 0.6 is 11.6 Å². The van der Waals surface area contributed by atoms with Gasteiger partial charge in [0.05, 0.1) is 6.04 Å². The van der Waals surface area contributed by atoms with E-state index < -0.39 is 0 Å². The van der Waals surface area contributed by atoms with Crippen molar-refractivity contribution in [1.82, 2.24) is 4.90 Å². The largest absolute Gasteiger partial charge is 0.486 e. The second-order valence-corrected chi connectivity index (χ2v) is 6.88. The Kier molecular flexibility index (Phi) is 5.69. The van der Waals surface area contributed by atoms with Gasteiger partial charge in [-0.25, -0.2) is 0 Å². The molecule has 1 aliphatic rings. The smallest absolute Gasteiger partial charge is 0.241 e. The summed E-state index contributed by atoms with van der Waals surface area (Å²) in [6.45, 7) is 5.53. The molecule has 2 aromatic carbocycles. The van der Waals surface area contributed by atoms with Crippen LogP contribution in [0, 0.1) is 6.92 Å². The molecule has 0 bridgehead atoms. The van der Waals surface area contributed by atoms with Crippen LogP contribution in [0.15, 0.2) is 36.4 Å². The zero-order valence-corrected chi connectivity index (χ0v) is 16.0. The Morgan fingerprint density at radius 2 is 1.96 bits per heavy atom. The highest BCUT2D eigenvalue weighted by molar-refractivity contribution is 6.31. The molecule has 1 unspecified atom stereocenters. The monoisotopic (exact) mass is 374 g/mol. The van der Waals surface area contributed by atoms with Crippen LogP contribution in [0.4, 0.5) is 5.69 Å². The summed E-state index contributed by atoms with van der Waals surface area (Å²) in [5.41, 5.74) is 2.67. The average molecular weight is 375 g/mol. The van der Waals surface area contributed by atoms with E-state index in [1.165, 1.54) is 0 Å². The minimum absolute atomic E-state index is 0.0737. The maximum absolute atomic E-state index is 12.6. The minimum Gasteiger partial charge on any atom is -0.486 e. The lowest BCUT2D eigenvalue weighted by Gasteiger charge is -2.25. The van der Waals surface area contributed by atoms with Gasteiger partial charge in [-0.05, 0) is 56.3 Å². The second-order valence-electron chi connectivity index (χ2n) is 6.47. The molecular weight excluding hydrogens is 352 g/mol. The van der Waals surface area contributed by atoms with Crippen LogP contribution in [0.3, 0.4) is 0 Å². The van der Waals surface area contributed by atoms with E-state index in [-0.39, 0.29) is 11.9 Å². The molecule has 0 saturated carbocycles. The van der Waals surface area contributed by atoms with Gasteiger partial charge < -0.3 is 14.8 Å². The summed E-state index contributed by atoms with van der Waals surface area (Å²) < 4.78 is 11.2. The molecule has 0 saturated heterocycles. The second kappa shape index (κ2) is 7.98. The summed E-state index contributed by atoms with van der Waals surface area (Å²) >= 11 is 6.12. The van der Waals surface area contributed by atoms with Crippen molar-refractivity contribution in [3.05, 3.63) is 52.5 Å². The van der Waals surface area contributed by atoms with Gasteiger partial charge in [0, 0.05) is 17.3 Å². The highest BCUT2D eigenvalue weighted by Gasteiger charge is 2.20. The van der Waals surface area contributed by atoms with E-state index in [9.17, 15) is 4.79 Å². The predicted octanol–water partition coefficient (Wildman–Crippen LogP) is 3.88. The number of rotatable bonds is 5. The Labute approximate surface area is 158 Å². The van der Waals surface area contributed by atoms with Crippen LogP contribution < -0.4 is 14.8 Å². The number of halogens is 1. The highest BCUT2D eigenvalue weighted by atomic mass is 35.5. The highest BCUT2D eigenvalue weighted by Crippen LogP contribution is 2.31. The number of carbonyl (C=O) groups is 1. The minimum atomic E-state index is -0.304. The fourth-order valence-corrected chi connectivity index (χ4v) is 2.97. The number of nitrogens with one attached hydrogen (secondary N) is 1. The van der Waals surface area contributed by atoms with E-state index in [0.717, 1.165) is 28.3 Å². The first kappa shape index (κ1) is 18.5. The lowest BCUT2D eigenvalue weighted by molar-refractivity contribution is -0.120. The van der Waals surface area contributed by atoms with Crippen LogP contribution in [-0.2, 0) is 11.3 Å². The van der Waals surface area contributed by atoms with Gasteiger partial charge in [-0.15, -0.1) is 0 Å². The van der Waals surface area contributed by atoms with Gasteiger partial charge in [-0.3, -0.25) is 9.69 Å². The topological polar surface area (TPSA) is 50.8 Å². The van der Waals surface area contributed by atoms with E-state index in [1.807, 2.05) is 62.2 Å². The van der Waals surface area contributed by atoms with Crippen molar-refractivity contribution < 1.29 is 14.3 Å². The molecule has 0 spiro atoms. The van der Waals surface area contributed by atoms with E-state index >= 15 is 0 Å². The molecule has 0 fully saturated rings. The molecular formula is C20H23ClN2O3. The number of hydrogen-bond acceptors (Lipinski definition) is 4. The Morgan fingerprint density at radius 1 is 1.23 bits per heavy atom. The Balaban J connectivity index is 1.64. The van der Waals surface area contributed by atoms with Gasteiger partial charge in [0.15, 0.2) is 11.5 Å². The fraction of sp³-hybridized carbons (Fsp3) is 0.350. The molecule has 0 radical (unpaired) electrons. The van der Waals surface area contributed by atoms with Crippen molar-refractivity contribution in [2.24, 2.45) is 0 Å². The van der Waals surface area contributed by atoms with Gasteiger partial charge in [0.25, 0.3) is 0 Å². The first-order chi connectivity index (χ1) is 12.5. The van der Waals surface area contributed by atoms with Crippen molar-refractivity contribution in [3.8, 4) is 11.5 Å². The number of nitrogens with zero attached hydrogens (tertiary/aromatic N) is 1. The number of anilines is 1. The van der Waals surface area contributed by atoms with Crippen LogP contribution in [0.5, 0.6) is 11.5 Å². The zero-order chi connectivity index (χ0) is 18.7. The van der Waals surface area contributed by atoms with Crippen molar-refractivity contribution in [2.45, 2.75) is 26.4 Å². The molecule has 0 aliphatic carbocycles. The van der Waals surface area contributed by atoms with Gasteiger partial charge in [-0.1, -0.05) is 23.7 Å². The summed E-state index contributed by atoms with van der Waals surface area (Å²) in [6.07, 6.45) is 0. The zero-order valence-electron chi connectivity index (χ0n) is 15.2. The Hall–Kier alpha value is -2.24. The maximum Gasteiger partial charge on any atom is 0.241 e. The number of benzene rings is 2. The number of ether oxygens (including phenoxy) is 2. The first-order valence-corrected chi connectivity index (χ1v) is 8.98. The third-order valence-electron chi connectivity index (χ3n) is 4.60. The van der Waals surface area contributed by atoms with Gasteiger partial charge in [0.1, 0.15) is 13.2 Å². The molecule has 0 aromatic heterocycles. The number of amides is 1. The lowest BCUT2D eigenvalue weighted by atomic mass is 10.1. The van der Waals surface area contributed by atoms with E-state index in [2.05, 4.69) is 5.32 Å². The maximum atomic E-state index is 12.6. The fourth-order valence-electron chi connectivity index (χ4n) is 2.79. The molecule has 1 aliphatic heterocycles. The predicted molar refractivity (Wildman–Crippen MR) is 103 cm³/mol. The van der Waals surface area contributed by atoms with Crippen molar-refractivity contribution in [2.75, 3.05) is 25.6 Å². The summed E-state index contributed by atoms with van der Waals surface area (Å²) in [6, 6.07) is 11.1. The van der Waals surface area contributed by atoms with Crippen LogP contribution in [-0.4, -0.2) is 37.1 Å². The SMILES string of the molecule is Cc1c(Cl)cccc1NC(=O)C(C)N(C)Cc1ccc2c(c1)OCCO2. The lowest BCUT2D eigenvalue weighted by Crippen LogP contribution is -2.39. The quantitative estimate of drug-likeness (QED) is 0.862. The van der Waals surface area contributed by atoms with Crippen LogP contribution in [0.25, 0.3) is 0 Å². The van der Waals surface area contributed by atoms with Crippen molar-refractivity contribution in [3.63, 3.8) is 0 Å². The number of fused-ring (bicyclic) bond motifs is 1. The summed E-state index contributed by atoms with van der Waals surface area (Å²) in [5.74, 6) is 1.45. The summed E-state index contributed by atoms with van der Waals surface area (Å²) in [4.78, 5) is 14.6. The van der Waals surface area contributed by atoms with E-state index in [1.54, 1.807) is 0 Å². The number of carbonyl (C=O) groups excluding carboxylic acids is 1. The Morgan fingerprint density at radius 3 is 2.73 bits per heavy atom. The number of likely N-dealkylation sites (N-methyl/N-ethyl adjacent to an activating group) is 1.